The van der Waals surface area contributed by atoms with E-state index in [0.29, 0.717) is 13.0 Å². The van der Waals surface area contributed by atoms with Gasteiger partial charge in [-0.25, -0.2) is 0 Å². The van der Waals surface area contributed by atoms with Crippen LogP contribution in [0.5, 0.6) is 0 Å². The number of furan rings is 1. The Morgan fingerprint density at radius 1 is 1.11 bits per heavy atom. The molecular weight excluding hydrogens is 354 g/mol. The van der Waals surface area contributed by atoms with Gasteiger partial charge in [0.2, 0.25) is 11.8 Å². The molecule has 0 aliphatic heterocycles. The molecule has 2 N–H and O–H groups in total. The summed E-state index contributed by atoms with van der Waals surface area (Å²) in [5.41, 5.74) is 0.213. The maximum Gasteiger partial charge on any atom is 0.239 e. The molecule has 4 saturated carbocycles. The second-order valence-electron chi connectivity index (χ2n) is 9.67. The lowest BCUT2D eigenvalue weighted by Crippen LogP contribution is -2.48. The maximum absolute atomic E-state index is 12.6. The Bertz CT molecular complexity index is 663. The Morgan fingerprint density at radius 2 is 1.75 bits per heavy atom. The van der Waals surface area contributed by atoms with Gasteiger partial charge < -0.3 is 15.1 Å². The van der Waals surface area contributed by atoms with Crippen LogP contribution in [0.25, 0.3) is 0 Å². The van der Waals surface area contributed by atoms with Crippen molar-refractivity contribution >= 4 is 11.8 Å². The minimum Gasteiger partial charge on any atom is -0.468 e. The Balaban J connectivity index is 1.22. The topological polar surface area (TPSA) is 74.6 Å². The molecule has 0 aromatic carbocycles. The number of hydrogen-bond acceptors (Lipinski definition) is 4. The lowest BCUT2D eigenvalue weighted by Gasteiger charge is -2.56. The average Bonchev–Trinajstić information content (AvgIpc) is 3.12. The van der Waals surface area contributed by atoms with Crippen LogP contribution >= 0.6 is 0 Å². The van der Waals surface area contributed by atoms with Crippen molar-refractivity contribution in [3.8, 4) is 0 Å². The van der Waals surface area contributed by atoms with Gasteiger partial charge in [-0.2, -0.15) is 0 Å². The Morgan fingerprint density at radius 3 is 2.29 bits per heavy atom. The van der Waals surface area contributed by atoms with E-state index in [0.717, 1.165) is 23.5 Å². The van der Waals surface area contributed by atoms with Crippen molar-refractivity contribution in [2.24, 2.45) is 23.2 Å². The molecule has 1 aromatic rings. The number of hydrogen-bond donors (Lipinski definition) is 2. The normalized spacial score (nSPS) is 31.8. The van der Waals surface area contributed by atoms with Gasteiger partial charge in [0, 0.05) is 13.0 Å². The number of nitrogens with zero attached hydrogens (tertiary/aromatic N) is 1. The van der Waals surface area contributed by atoms with E-state index in [1.54, 1.807) is 6.26 Å². The highest BCUT2D eigenvalue weighted by atomic mass is 16.3. The van der Waals surface area contributed by atoms with Gasteiger partial charge in [-0.15, -0.1) is 0 Å². The molecule has 2 amide bonds. The zero-order chi connectivity index (χ0) is 19.7. The molecule has 1 aromatic heterocycles. The molecule has 4 aliphatic rings. The summed E-state index contributed by atoms with van der Waals surface area (Å²) in [7, 11) is 3.90. The molecule has 1 unspecified atom stereocenters. The monoisotopic (exact) mass is 387 g/mol. The highest BCUT2D eigenvalue weighted by Gasteiger charge is 2.51. The van der Waals surface area contributed by atoms with Crippen LogP contribution in [0.3, 0.4) is 0 Å². The van der Waals surface area contributed by atoms with Crippen LogP contribution in [0.4, 0.5) is 0 Å². The van der Waals surface area contributed by atoms with Crippen LogP contribution in [0.2, 0.25) is 0 Å². The third-order valence-electron chi connectivity index (χ3n) is 7.13. The van der Waals surface area contributed by atoms with Crippen molar-refractivity contribution in [1.82, 2.24) is 15.5 Å². The third kappa shape index (κ3) is 4.27. The van der Waals surface area contributed by atoms with Crippen LogP contribution in [0.15, 0.2) is 22.8 Å². The summed E-state index contributed by atoms with van der Waals surface area (Å²) in [4.78, 5) is 26.8. The zero-order valence-corrected chi connectivity index (χ0v) is 17.1. The van der Waals surface area contributed by atoms with E-state index in [2.05, 4.69) is 10.6 Å². The fourth-order valence-electron chi connectivity index (χ4n) is 6.38. The van der Waals surface area contributed by atoms with Crippen LogP contribution < -0.4 is 10.6 Å². The molecule has 0 spiro atoms. The molecule has 6 heteroatoms. The summed E-state index contributed by atoms with van der Waals surface area (Å²) in [6.45, 7) is 0.494. The molecular formula is C22H33N3O3. The van der Waals surface area contributed by atoms with Crippen molar-refractivity contribution in [2.75, 3.05) is 27.2 Å². The van der Waals surface area contributed by atoms with Gasteiger partial charge >= 0.3 is 0 Å². The second kappa shape index (κ2) is 7.90. The van der Waals surface area contributed by atoms with Crippen LogP contribution in [0.1, 0.15) is 56.7 Å². The molecule has 6 nitrogen and oxygen atoms in total. The molecule has 1 heterocycles. The second-order valence-corrected chi connectivity index (χ2v) is 9.67. The Labute approximate surface area is 167 Å². The average molecular weight is 388 g/mol. The van der Waals surface area contributed by atoms with Crippen LogP contribution in [-0.2, 0) is 9.59 Å². The van der Waals surface area contributed by atoms with Gasteiger partial charge in [-0.05, 0) is 87.9 Å². The first-order valence-electron chi connectivity index (χ1n) is 10.7. The highest BCUT2D eigenvalue weighted by Crippen LogP contribution is 2.61. The van der Waals surface area contributed by atoms with E-state index < -0.39 is 0 Å². The van der Waals surface area contributed by atoms with E-state index in [1.807, 2.05) is 31.1 Å². The standard InChI is InChI=1S/C22H33N3O3/c1-25(2)18(19-4-3-5-28-19)13-23-21(27)14-24-20(26)12-22-9-15-6-16(10-22)8-17(7-15)11-22/h3-5,15-18H,6-14H2,1-2H3,(H,23,27)(H,24,26). The van der Waals surface area contributed by atoms with Crippen molar-refractivity contribution in [2.45, 2.75) is 51.0 Å². The summed E-state index contributed by atoms with van der Waals surface area (Å²) in [6.07, 6.45) is 10.0. The summed E-state index contributed by atoms with van der Waals surface area (Å²) >= 11 is 0. The van der Waals surface area contributed by atoms with E-state index in [9.17, 15) is 9.59 Å². The van der Waals surface area contributed by atoms with E-state index in [-0.39, 0.29) is 29.8 Å². The van der Waals surface area contributed by atoms with E-state index >= 15 is 0 Å². The van der Waals surface area contributed by atoms with Crippen molar-refractivity contribution in [1.29, 1.82) is 0 Å². The fraction of sp³-hybridized carbons (Fsp3) is 0.727. The number of carbonyl (C=O) groups excluding carboxylic acids is 2. The molecule has 154 valence electrons. The quantitative estimate of drug-likeness (QED) is 0.719. The number of carbonyl (C=O) groups is 2. The molecule has 5 rings (SSSR count). The van der Waals surface area contributed by atoms with Gasteiger partial charge in [0.25, 0.3) is 0 Å². The summed E-state index contributed by atoms with van der Waals surface area (Å²) in [5.74, 6) is 3.21. The predicted octanol–water partition coefficient (Wildman–Crippen LogP) is 2.72. The van der Waals surface area contributed by atoms with Crippen LogP contribution in [0, 0.1) is 23.2 Å². The Kier molecular flexibility index (Phi) is 5.50. The number of likely N-dealkylation sites (N-methyl/N-ethyl adjacent to an activating group) is 1. The first kappa shape index (κ1) is 19.5. The van der Waals surface area contributed by atoms with Gasteiger partial charge in [0.05, 0.1) is 18.8 Å². The van der Waals surface area contributed by atoms with E-state index in [1.165, 1.54) is 38.5 Å². The molecule has 0 radical (unpaired) electrons. The maximum atomic E-state index is 12.6. The molecule has 4 fully saturated rings. The summed E-state index contributed by atoms with van der Waals surface area (Å²) in [5, 5.41) is 5.77. The lowest BCUT2D eigenvalue weighted by molar-refractivity contribution is -0.132. The highest BCUT2D eigenvalue weighted by molar-refractivity contribution is 5.85. The van der Waals surface area contributed by atoms with Crippen molar-refractivity contribution in [3.63, 3.8) is 0 Å². The minimum absolute atomic E-state index is 0.0262. The fourth-order valence-corrected chi connectivity index (χ4v) is 6.38. The zero-order valence-electron chi connectivity index (χ0n) is 17.1. The van der Waals surface area contributed by atoms with Gasteiger partial charge in [0.1, 0.15) is 5.76 Å². The van der Waals surface area contributed by atoms with Crippen molar-refractivity contribution < 1.29 is 14.0 Å². The number of rotatable bonds is 8. The van der Waals surface area contributed by atoms with E-state index in [4.69, 9.17) is 4.42 Å². The minimum atomic E-state index is -0.155. The summed E-state index contributed by atoms with van der Waals surface area (Å²) in [6, 6.07) is 3.73. The number of amides is 2. The van der Waals surface area contributed by atoms with Crippen LogP contribution in [-0.4, -0.2) is 43.9 Å². The largest absolute Gasteiger partial charge is 0.468 e. The molecule has 0 saturated heterocycles. The SMILES string of the molecule is CN(C)C(CNC(=O)CNC(=O)CC12CC3CC(CC(C3)C1)C2)c1ccco1. The molecule has 4 bridgehead atoms. The van der Waals surface area contributed by atoms with Gasteiger partial charge in [0.15, 0.2) is 0 Å². The summed E-state index contributed by atoms with van der Waals surface area (Å²) < 4.78 is 5.46. The smallest absolute Gasteiger partial charge is 0.239 e. The molecule has 1 atom stereocenters. The first-order chi connectivity index (χ1) is 13.4. The number of nitrogens with one attached hydrogen (secondary N) is 2. The van der Waals surface area contributed by atoms with Crippen molar-refractivity contribution in [3.05, 3.63) is 24.2 Å². The Hall–Kier alpha value is -1.82. The predicted molar refractivity (Wildman–Crippen MR) is 106 cm³/mol. The first-order valence-corrected chi connectivity index (χ1v) is 10.7. The third-order valence-corrected chi connectivity index (χ3v) is 7.13. The molecule has 28 heavy (non-hydrogen) atoms. The molecule has 4 aliphatic carbocycles. The van der Waals surface area contributed by atoms with Gasteiger partial charge in [-0.3, -0.25) is 14.5 Å². The van der Waals surface area contributed by atoms with Gasteiger partial charge in [-0.1, -0.05) is 0 Å². The lowest BCUT2D eigenvalue weighted by atomic mass is 9.49.